The molecule has 14 heavy (non-hydrogen) atoms. The molecule has 0 saturated carbocycles. The fourth-order valence-corrected chi connectivity index (χ4v) is 2.89. The Morgan fingerprint density at radius 3 is 2.93 bits per heavy atom. The van der Waals surface area contributed by atoms with Crippen LogP contribution in [-0.2, 0) is 10.0 Å². The van der Waals surface area contributed by atoms with Crippen LogP contribution < -0.4 is 4.72 Å². The van der Waals surface area contributed by atoms with Crippen molar-refractivity contribution in [1.29, 1.82) is 0 Å². The van der Waals surface area contributed by atoms with E-state index in [9.17, 15) is 8.42 Å². The minimum absolute atomic E-state index is 0.221. The minimum atomic E-state index is -3.47. The predicted octanol–water partition coefficient (Wildman–Crippen LogP) is 1.27. The first-order chi connectivity index (χ1) is 6.68. The Bertz CT molecular complexity index is 487. The molecular formula is C7H7N3O2S2. The quantitative estimate of drug-likeness (QED) is 0.832. The number of sulfonamides is 1. The summed E-state index contributed by atoms with van der Waals surface area (Å²) in [6.07, 6.45) is 3.03. The molecule has 2 N–H and O–H groups in total. The van der Waals surface area contributed by atoms with Gasteiger partial charge in [0.1, 0.15) is 4.21 Å². The van der Waals surface area contributed by atoms with Crippen LogP contribution >= 0.6 is 11.3 Å². The number of nitrogens with zero attached hydrogens (tertiary/aromatic N) is 1. The summed E-state index contributed by atoms with van der Waals surface area (Å²) in [4.78, 5) is 6.43. The summed E-state index contributed by atoms with van der Waals surface area (Å²) in [7, 11) is -3.47. The maximum absolute atomic E-state index is 11.6. The van der Waals surface area contributed by atoms with Crippen LogP contribution in [0.5, 0.6) is 0 Å². The number of rotatable bonds is 3. The molecule has 0 aliphatic carbocycles. The van der Waals surface area contributed by atoms with E-state index in [4.69, 9.17) is 0 Å². The summed E-state index contributed by atoms with van der Waals surface area (Å²) < 4.78 is 25.8. The summed E-state index contributed by atoms with van der Waals surface area (Å²) in [6.45, 7) is 0. The number of thiophene rings is 1. The highest BCUT2D eigenvalue weighted by atomic mass is 32.2. The Kier molecular flexibility index (Phi) is 2.26. The lowest BCUT2D eigenvalue weighted by atomic mass is 10.7. The Hall–Kier alpha value is -1.34. The number of imidazole rings is 1. The van der Waals surface area contributed by atoms with E-state index in [0.29, 0.717) is 0 Å². The van der Waals surface area contributed by atoms with Crippen molar-refractivity contribution in [3.05, 3.63) is 29.9 Å². The van der Waals surface area contributed by atoms with Gasteiger partial charge in [0.15, 0.2) is 0 Å². The van der Waals surface area contributed by atoms with Crippen molar-refractivity contribution in [2.45, 2.75) is 4.21 Å². The number of hydrogen-bond acceptors (Lipinski definition) is 4. The van der Waals surface area contributed by atoms with Crippen molar-refractivity contribution in [3.63, 3.8) is 0 Å². The maximum atomic E-state index is 11.6. The summed E-state index contributed by atoms with van der Waals surface area (Å²) in [5, 5.41) is 1.71. The van der Waals surface area contributed by atoms with Gasteiger partial charge in [-0.2, -0.15) is 0 Å². The van der Waals surface area contributed by atoms with Crippen LogP contribution in [0, 0.1) is 0 Å². The van der Waals surface area contributed by atoms with Gasteiger partial charge in [0.25, 0.3) is 10.0 Å². The van der Waals surface area contributed by atoms with Gasteiger partial charge in [0, 0.05) is 12.4 Å². The molecule has 0 radical (unpaired) electrons. The summed E-state index contributed by atoms with van der Waals surface area (Å²) in [5.41, 5.74) is 0. The molecule has 74 valence electrons. The van der Waals surface area contributed by atoms with Crippen LogP contribution in [0.15, 0.2) is 34.1 Å². The molecule has 0 atom stereocenters. The third-order valence-electron chi connectivity index (χ3n) is 1.49. The third-order valence-corrected chi connectivity index (χ3v) is 4.23. The Morgan fingerprint density at radius 2 is 2.36 bits per heavy atom. The molecule has 0 aromatic carbocycles. The molecule has 0 aliphatic heterocycles. The van der Waals surface area contributed by atoms with E-state index in [1.807, 2.05) is 0 Å². The van der Waals surface area contributed by atoms with Gasteiger partial charge in [-0.15, -0.1) is 11.3 Å². The first kappa shape index (κ1) is 9.22. The van der Waals surface area contributed by atoms with Gasteiger partial charge in [-0.05, 0) is 11.4 Å². The van der Waals surface area contributed by atoms with Gasteiger partial charge >= 0.3 is 0 Å². The molecule has 0 bridgehead atoms. The lowest BCUT2D eigenvalue weighted by Gasteiger charge is -2.01. The normalized spacial score (nSPS) is 11.4. The molecule has 0 spiro atoms. The van der Waals surface area contributed by atoms with E-state index in [1.165, 1.54) is 12.3 Å². The van der Waals surface area contributed by atoms with Crippen LogP contribution in [0.3, 0.4) is 0 Å². The highest BCUT2D eigenvalue weighted by Crippen LogP contribution is 2.17. The zero-order valence-corrected chi connectivity index (χ0v) is 8.60. The predicted molar refractivity (Wildman–Crippen MR) is 53.7 cm³/mol. The van der Waals surface area contributed by atoms with Gasteiger partial charge in [-0.1, -0.05) is 6.07 Å². The van der Waals surface area contributed by atoms with Gasteiger partial charge in [0.2, 0.25) is 5.95 Å². The minimum Gasteiger partial charge on any atom is -0.330 e. The largest absolute Gasteiger partial charge is 0.330 e. The highest BCUT2D eigenvalue weighted by molar-refractivity contribution is 7.94. The zero-order valence-electron chi connectivity index (χ0n) is 6.97. The fourth-order valence-electron chi connectivity index (χ4n) is 0.915. The van der Waals surface area contributed by atoms with Gasteiger partial charge in [-0.3, -0.25) is 0 Å². The van der Waals surface area contributed by atoms with Gasteiger partial charge < -0.3 is 4.98 Å². The van der Waals surface area contributed by atoms with E-state index < -0.39 is 10.0 Å². The zero-order chi connectivity index (χ0) is 10.0. The molecule has 2 heterocycles. The van der Waals surface area contributed by atoms with E-state index in [1.54, 1.807) is 17.6 Å². The second-order valence-electron chi connectivity index (χ2n) is 2.48. The topological polar surface area (TPSA) is 74.8 Å². The standard InChI is InChI=1S/C7H7N3O2S2/c11-14(12,6-2-1-5-13-6)10-7-8-3-4-9-7/h1-5H,(H2,8,9,10). The summed E-state index contributed by atoms with van der Waals surface area (Å²) in [5.74, 6) is 0.221. The number of anilines is 1. The second-order valence-corrected chi connectivity index (χ2v) is 5.33. The molecule has 5 nitrogen and oxygen atoms in total. The fraction of sp³-hybridized carbons (Fsp3) is 0. The molecule has 2 rings (SSSR count). The average molecular weight is 229 g/mol. The molecule has 0 saturated heterocycles. The van der Waals surface area contributed by atoms with E-state index >= 15 is 0 Å². The van der Waals surface area contributed by atoms with Crippen LogP contribution in [0.4, 0.5) is 5.95 Å². The number of aromatic nitrogens is 2. The highest BCUT2D eigenvalue weighted by Gasteiger charge is 2.15. The maximum Gasteiger partial charge on any atom is 0.273 e. The van der Waals surface area contributed by atoms with Gasteiger partial charge in [-0.25, -0.2) is 18.1 Å². The molecule has 2 aromatic heterocycles. The van der Waals surface area contributed by atoms with Crippen molar-refractivity contribution in [1.82, 2.24) is 9.97 Å². The molecule has 7 heteroatoms. The van der Waals surface area contributed by atoms with E-state index in [-0.39, 0.29) is 10.2 Å². The van der Waals surface area contributed by atoms with E-state index in [0.717, 1.165) is 11.3 Å². The number of nitrogens with one attached hydrogen (secondary N) is 2. The monoisotopic (exact) mass is 229 g/mol. The van der Waals surface area contributed by atoms with Gasteiger partial charge in [0.05, 0.1) is 0 Å². The third kappa shape index (κ3) is 1.78. The van der Waals surface area contributed by atoms with Crippen molar-refractivity contribution in [2.75, 3.05) is 4.72 Å². The smallest absolute Gasteiger partial charge is 0.273 e. The molecule has 0 amide bonds. The first-order valence-corrected chi connectivity index (χ1v) is 6.10. The number of hydrogen-bond donors (Lipinski definition) is 2. The lowest BCUT2D eigenvalue weighted by molar-refractivity contribution is 0.603. The van der Waals surface area contributed by atoms with Crippen molar-refractivity contribution in [2.24, 2.45) is 0 Å². The molecule has 2 aromatic rings. The van der Waals surface area contributed by atoms with Crippen molar-refractivity contribution >= 4 is 27.3 Å². The summed E-state index contributed by atoms with van der Waals surface area (Å²) in [6, 6.07) is 3.22. The molecule has 0 aliphatic rings. The SMILES string of the molecule is O=S(=O)(Nc1ncc[nH]1)c1cccs1. The van der Waals surface area contributed by atoms with Crippen LogP contribution in [0.1, 0.15) is 0 Å². The lowest BCUT2D eigenvalue weighted by Crippen LogP contribution is -2.12. The van der Waals surface area contributed by atoms with E-state index in [2.05, 4.69) is 14.7 Å². The number of H-pyrrole nitrogens is 1. The molecule has 0 unspecified atom stereocenters. The Morgan fingerprint density at radius 1 is 1.50 bits per heavy atom. The van der Waals surface area contributed by atoms with Crippen LogP contribution in [0.2, 0.25) is 0 Å². The second kappa shape index (κ2) is 3.43. The van der Waals surface area contributed by atoms with Crippen LogP contribution in [0.25, 0.3) is 0 Å². The number of aromatic amines is 1. The van der Waals surface area contributed by atoms with Crippen molar-refractivity contribution < 1.29 is 8.42 Å². The average Bonchev–Trinajstić information content (AvgIpc) is 2.71. The summed E-state index contributed by atoms with van der Waals surface area (Å²) >= 11 is 1.16. The molecular weight excluding hydrogens is 222 g/mol. The van der Waals surface area contributed by atoms with Crippen molar-refractivity contribution in [3.8, 4) is 0 Å². The molecule has 0 fully saturated rings. The first-order valence-electron chi connectivity index (χ1n) is 3.74. The Labute approximate surface area is 84.9 Å². The van der Waals surface area contributed by atoms with Crippen LogP contribution in [-0.4, -0.2) is 18.4 Å². The Balaban J connectivity index is 2.27.